The van der Waals surface area contributed by atoms with Crippen LogP contribution < -0.4 is 10.6 Å². The Morgan fingerprint density at radius 2 is 1.95 bits per heavy atom. The first-order valence-electron chi connectivity index (χ1n) is 6.40. The molecule has 1 aromatic rings. The van der Waals surface area contributed by atoms with Crippen molar-refractivity contribution < 1.29 is 14.3 Å². The Hall–Kier alpha value is -1.89. The molecule has 1 heterocycles. The summed E-state index contributed by atoms with van der Waals surface area (Å²) in [6.45, 7) is 4.17. The van der Waals surface area contributed by atoms with E-state index in [1.54, 1.807) is 20.2 Å². The van der Waals surface area contributed by atoms with Crippen LogP contribution in [0.5, 0.6) is 0 Å². The van der Waals surface area contributed by atoms with Crippen molar-refractivity contribution in [2.45, 2.75) is 26.5 Å². The quantitative estimate of drug-likeness (QED) is 0.728. The van der Waals surface area contributed by atoms with Crippen LogP contribution in [-0.4, -0.2) is 43.2 Å². The van der Waals surface area contributed by atoms with E-state index in [2.05, 4.69) is 20.6 Å². The molecule has 0 fully saturated rings. The van der Waals surface area contributed by atoms with Gasteiger partial charge in [-0.25, -0.2) is 14.8 Å². The molecule has 2 N–H and O–H groups in total. The molecule has 20 heavy (non-hydrogen) atoms. The zero-order valence-corrected chi connectivity index (χ0v) is 12.6. The molecule has 0 saturated carbocycles. The number of aromatic nitrogens is 2. The van der Waals surface area contributed by atoms with Gasteiger partial charge in [-0.1, -0.05) is 13.8 Å². The summed E-state index contributed by atoms with van der Waals surface area (Å²) in [5.74, 6) is 1.50. The molecule has 112 valence electrons. The highest BCUT2D eigenvalue weighted by molar-refractivity contribution is 5.79. The molecular weight excluding hydrogens is 260 g/mol. The number of ether oxygens (including phenoxy) is 2. The Balaban J connectivity index is 2.99. The van der Waals surface area contributed by atoms with Gasteiger partial charge in [0, 0.05) is 20.2 Å². The average Bonchev–Trinajstić information content (AvgIpc) is 2.43. The number of nitrogens with one attached hydrogen (secondary N) is 2. The molecule has 1 aromatic heterocycles. The van der Waals surface area contributed by atoms with E-state index < -0.39 is 6.04 Å². The van der Waals surface area contributed by atoms with Crippen LogP contribution in [-0.2, 0) is 20.9 Å². The first-order chi connectivity index (χ1) is 9.51. The van der Waals surface area contributed by atoms with Crippen LogP contribution in [0.4, 0.5) is 11.6 Å². The molecule has 7 nitrogen and oxygen atoms in total. The van der Waals surface area contributed by atoms with E-state index in [4.69, 9.17) is 9.47 Å². The lowest BCUT2D eigenvalue weighted by Crippen LogP contribution is -2.35. The lowest BCUT2D eigenvalue weighted by atomic mass is 10.0. The van der Waals surface area contributed by atoms with Gasteiger partial charge in [-0.15, -0.1) is 0 Å². The van der Waals surface area contributed by atoms with Crippen molar-refractivity contribution in [3.05, 3.63) is 11.9 Å². The van der Waals surface area contributed by atoms with Crippen molar-refractivity contribution >= 4 is 17.6 Å². The van der Waals surface area contributed by atoms with Crippen molar-refractivity contribution in [1.29, 1.82) is 0 Å². The van der Waals surface area contributed by atoms with E-state index in [9.17, 15) is 4.79 Å². The summed E-state index contributed by atoms with van der Waals surface area (Å²) in [6, 6.07) is 1.27. The minimum atomic E-state index is -0.463. The molecule has 0 saturated heterocycles. The van der Waals surface area contributed by atoms with Gasteiger partial charge >= 0.3 is 5.97 Å². The predicted molar refractivity (Wildman–Crippen MR) is 76.6 cm³/mol. The number of methoxy groups -OCH3 is 2. The standard InChI is InChI=1S/C13H22N4O3/c1-8(2)12(13(18)20-5)17-10-6-9(14-3)15-11(16-10)7-19-4/h6,8,12H,7H2,1-5H3,(H2,14,15,16,17). The topological polar surface area (TPSA) is 85.4 Å². The van der Waals surface area contributed by atoms with Gasteiger partial charge in [0.2, 0.25) is 0 Å². The van der Waals surface area contributed by atoms with Gasteiger partial charge in [0.15, 0.2) is 5.82 Å². The Morgan fingerprint density at radius 1 is 1.30 bits per heavy atom. The highest BCUT2D eigenvalue weighted by Crippen LogP contribution is 2.16. The Labute approximate surface area is 119 Å². The van der Waals surface area contributed by atoms with E-state index in [1.165, 1.54) is 7.11 Å². The number of anilines is 2. The molecule has 0 spiro atoms. The SMILES string of the molecule is CNc1cc(NC(C(=O)OC)C(C)C)nc(COC)n1. The van der Waals surface area contributed by atoms with Crippen LogP contribution in [0.25, 0.3) is 0 Å². The fraction of sp³-hybridized carbons (Fsp3) is 0.615. The molecule has 7 heteroatoms. The van der Waals surface area contributed by atoms with Crippen molar-refractivity contribution in [2.24, 2.45) is 5.92 Å². The molecule has 1 atom stereocenters. The summed E-state index contributed by atoms with van der Waals surface area (Å²) in [5.41, 5.74) is 0. The number of carbonyl (C=O) groups excluding carboxylic acids is 1. The molecule has 1 unspecified atom stereocenters. The first kappa shape index (κ1) is 16.2. The number of esters is 1. The lowest BCUT2D eigenvalue weighted by molar-refractivity contribution is -0.142. The Kier molecular flexibility index (Phi) is 6.17. The van der Waals surface area contributed by atoms with E-state index in [1.807, 2.05) is 13.8 Å². The van der Waals surface area contributed by atoms with E-state index in [-0.39, 0.29) is 11.9 Å². The van der Waals surface area contributed by atoms with Gasteiger partial charge in [-0.05, 0) is 5.92 Å². The number of rotatable bonds is 7. The molecule has 0 aliphatic heterocycles. The fourth-order valence-electron chi connectivity index (χ4n) is 1.68. The third-order valence-electron chi connectivity index (χ3n) is 2.73. The third kappa shape index (κ3) is 4.34. The van der Waals surface area contributed by atoms with Gasteiger partial charge in [-0.2, -0.15) is 0 Å². The summed E-state index contributed by atoms with van der Waals surface area (Å²) in [6.07, 6.45) is 0. The second kappa shape index (κ2) is 7.64. The minimum Gasteiger partial charge on any atom is -0.467 e. The average molecular weight is 282 g/mol. The predicted octanol–water partition coefficient (Wildman–Crippen LogP) is 1.27. The number of nitrogens with zero attached hydrogens (tertiary/aromatic N) is 2. The van der Waals surface area contributed by atoms with E-state index in [0.717, 1.165) is 0 Å². The summed E-state index contributed by atoms with van der Waals surface area (Å²) in [4.78, 5) is 20.3. The third-order valence-corrected chi connectivity index (χ3v) is 2.73. The van der Waals surface area contributed by atoms with Gasteiger partial charge in [0.05, 0.1) is 7.11 Å². The number of hydrogen-bond acceptors (Lipinski definition) is 7. The van der Waals surface area contributed by atoms with Crippen LogP contribution in [0.3, 0.4) is 0 Å². The van der Waals surface area contributed by atoms with Gasteiger partial charge in [-0.3, -0.25) is 0 Å². The van der Waals surface area contributed by atoms with Gasteiger partial charge in [0.1, 0.15) is 24.3 Å². The van der Waals surface area contributed by atoms with E-state index >= 15 is 0 Å². The molecular formula is C13H22N4O3. The first-order valence-corrected chi connectivity index (χ1v) is 6.40. The van der Waals surface area contributed by atoms with Crippen molar-refractivity contribution in [3.63, 3.8) is 0 Å². The largest absolute Gasteiger partial charge is 0.467 e. The Bertz CT molecular complexity index is 451. The summed E-state index contributed by atoms with van der Waals surface area (Å²) >= 11 is 0. The second-order valence-electron chi connectivity index (χ2n) is 4.63. The highest BCUT2D eigenvalue weighted by Gasteiger charge is 2.23. The monoisotopic (exact) mass is 282 g/mol. The molecule has 1 rings (SSSR count). The molecule has 0 bridgehead atoms. The van der Waals surface area contributed by atoms with Gasteiger partial charge < -0.3 is 20.1 Å². The van der Waals surface area contributed by atoms with Gasteiger partial charge in [0.25, 0.3) is 0 Å². The van der Waals surface area contributed by atoms with Crippen molar-refractivity contribution in [2.75, 3.05) is 31.9 Å². The maximum absolute atomic E-state index is 11.8. The minimum absolute atomic E-state index is 0.0707. The van der Waals surface area contributed by atoms with Crippen LogP contribution >= 0.6 is 0 Å². The highest BCUT2D eigenvalue weighted by atomic mass is 16.5. The lowest BCUT2D eigenvalue weighted by Gasteiger charge is -2.20. The maximum Gasteiger partial charge on any atom is 0.328 e. The number of hydrogen-bond donors (Lipinski definition) is 2. The second-order valence-corrected chi connectivity index (χ2v) is 4.63. The van der Waals surface area contributed by atoms with Crippen LogP contribution in [0.15, 0.2) is 6.07 Å². The zero-order chi connectivity index (χ0) is 15.1. The molecule has 0 amide bonds. The summed E-state index contributed by atoms with van der Waals surface area (Å²) in [7, 11) is 4.71. The van der Waals surface area contributed by atoms with Crippen molar-refractivity contribution in [3.8, 4) is 0 Å². The van der Waals surface area contributed by atoms with Crippen LogP contribution in [0.2, 0.25) is 0 Å². The summed E-state index contributed by atoms with van der Waals surface area (Å²) < 4.78 is 9.83. The van der Waals surface area contributed by atoms with Crippen LogP contribution in [0.1, 0.15) is 19.7 Å². The number of carbonyl (C=O) groups is 1. The molecule has 0 aliphatic carbocycles. The van der Waals surface area contributed by atoms with Crippen molar-refractivity contribution in [1.82, 2.24) is 9.97 Å². The maximum atomic E-state index is 11.8. The Morgan fingerprint density at radius 3 is 2.45 bits per heavy atom. The zero-order valence-electron chi connectivity index (χ0n) is 12.6. The molecule has 0 aromatic carbocycles. The molecule has 0 radical (unpaired) electrons. The molecule has 0 aliphatic rings. The fourth-order valence-corrected chi connectivity index (χ4v) is 1.68. The summed E-state index contributed by atoms with van der Waals surface area (Å²) in [5, 5.41) is 6.03. The van der Waals surface area contributed by atoms with E-state index in [0.29, 0.717) is 24.1 Å². The normalized spacial score (nSPS) is 12.1. The smallest absolute Gasteiger partial charge is 0.328 e. The van der Waals surface area contributed by atoms with Crippen LogP contribution in [0, 0.1) is 5.92 Å².